The molecule has 1 aromatic carbocycles. The molecule has 0 saturated carbocycles. The highest BCUT2D eigenvalue weighted by atomic mass is 35.5. The van der Waals surface area contributed by atoms with Gasteiger partial charge in [-0.3, -0.25) is 15.2 Å². The molecule has 0 aliphatic rings. The van der Waals surface area contributed by atoms with E-state index < -0.39 is 11.2 Å². The molecule has 0 saturated heterocycles. The van der Waals surface area contributed by atoms with Crippen LogP contribution < -0.4 is 16.7 Å². The minimum atomic E-state index is -0.680. The second-order valence-electron chi connectivity index (χ2n) is 3.25. The Bertz CT molecular complexity index is 691. The normalized spacial score (nSPS) is 10.7. The molecule has 0 fully saturated rings. The van der Waals surface area contributed by atoms with Gasteiger partial charge in [0.15, 0.2) is 0 Å². The Hall–Kier alpha value is -2.41. The zero-order chi connectivity index (χ0) is 13.0. The van der Waals surface area contributed by atoms with Gasteiger partial charge in [0, 0.05) is 10.6 Å². The first-order valence-electron chi connectivity index (χ1n) is 4.89. The van der Waals surface area contributed by atoms with Crippen LogP contribution in [0.4, 0.5) is 5.82 Å². The summed E-state index contributed by atoms with van der Waals surface area (Å²) in [5.74, 6) is -0.113. The fourth-order valence-electron chi connectivity index (χ4n) is 1.17. The maximum Gasteiger partial charge on any atom is 0.342 e. The maximum atomic E-state index is 11.2. The molecule has 1 aromatic heterocycles. The topological polar surface area (TPSA) is 103 Å². The Balaban J connectivity index is 2.15. The summed E-state index contributed by atoms with van der Waals surface area (Å²) in [6.45, 7) is 0. The van der Waals surface area contributed by atoms with Gasteiger partial charge in [0.1, 0.15) is 0 Å². The molecule has 0 amide bonds. The molecule has 0 radical (unpaired) electrons. The third kappa shape index (κ3) is 2.83. The van der Waals surface area contributed by atoms with Crippen LogP contribution in [-0.2, 0) is 0 Å². The van der Waals surface area contributed by atoms with E-state index in [0.717, 1.165) is 0 Å². The molecule has 2 rings (SSSR count). The van der Waals surface area contributed by atoms with E-state index in [2.05, 4.69) is 20.7 Å². The summed E-state index contributed by atoms with van der Waals surface area (Å²) in [5.41, 5.74) is 1.75. The summed E-state index contributed by atoms with van der Waals surface area (Å²) in [6, 6.07) is 7.07. The summed E-state index contributed by atoms with van der Waals surface area (Å²) < 4.78 is 0. The van der Waals surface area contributed by atoms with Gasteiger partial charge in [0.2, 0.25) is 5.82 Å². The van der Waals surface area contributed by atoms with Crippen molar-refractivity contribution in [3.05, 3.63) is 55.7 Å². The van der Waals surface area contributed by atoms with E-state index in [1.165, 1.54) is 6.21 Å². The van der Waals surface area contributed by atoms with Crippen molar-refractivity contribution >= 4 is 23.6 Å². The first kappa shape index (κ1) is 12.1. The molecule has 3 N–H and O–H groups in total. The molecule has 1 heterocycles. The van der Waals surface area contributed by atoms with E-state index in [0.29, 0.717) is 10.6 Å². The van der Waals surface area contributed by atoms with Crippen molar-refractivity contribution in [2.24, 2.45) is 5.10 Å². The Labute approximate surface area is 106 Å². The largest absolute Gasteiger partial charge is 0.342 e. The second kappa shape index (κ2) is 5.28. The molecule has 0 bridgehead atoms. The van der Waals surface area contributed by atoms with E-state index in [9.17, 15) is 9.59 Å². The fourth-order valence-corrected chi connectivity index (χ4v) is 1.35. The lowest BCUT2D eigenvalue weighted by Gasteiger charge is -1.97. The lowest BCUT2D eigenvalue weighted by Crippen LogP contribution is -2.25. The summed E-state index contributed by atoms with van der Waals surface area (Å²) >= 11 is 5.91. The summed E-state index contributed by atoms with van der Waals surface area (Å²) in [7, 11) is 0. The van der Waals surface area contributed by atoms with Gasteiger partial charge < -0.3 is 0 Å². The predicted molar refractivity (Wildman–Crippen MR) is 68.1 cm³/mol. The predicted octanol–water partition coefficient (Wildman–Crippen LogP) is 0.558. The molecule has 0 atom stereocenters. The van der Waals surface area contributed by atoms with Crippen molar-refractivity contribution in [2.45, 2.75) is 0 Å². The van der Waals surface area contributed by atoms with Crippen molar-refractivity contribution in [2.75, 3.05) is 5.43 Å². The van der Waals surface area contributed by atoms with Crippen LogP contribution in [-0.4, -0.2) is 21.4 Å². The van der Waals surface area contributed by atoms with Gasteiger partial charge in [-0.2, -0.15) is 5.10 Å². The van der Waals surface area contributed by atoms with Crippen LogP contribution in [0.15, 0.2) is 39.0 Å². The van der Waals surface area contributed by atoms with Crippen LogP contribution in [0, 0.1) is 0 Å². The number of H-pyrrole nitrogens is 2. The van der Waals surface area contributed by atoms with Gasteiger partial charge in [0.25, 0.3) is 5.56 Å². The zero-order valence-electron chi connectivity index (χ0n) is 8.98. The molecule has 0 aliphatic carbocycles. The highest BCUT2D eigenvalue weighted by Crippen LogP contribution is 2.12. The van der Waals surface area contributed by atoms with Crippen LogP contribution in [0.1, 0.15) is 5.56 Å². The quantitative estimate of drug-likeness (QED) is 0.557. The van der Waals surface area contributed by atoms with Gasteiger partial charge in [0.05, 0.1) is 6.21 Å². The molecule has 0 unspecified atom stereocenters. The van der Waals surface area contributed by atoms with E-state index in [-0.39, 0.29) is 5.82 Å². The molecule has 0 spiro atoms. The summed E-state index contributed by atoms with van der Waals surface area (Å²) in [4.78, 5) is 24.0. The van der Waals surface area contributed by atoms with E-state index >= 15 is 0 Å². The van der Waals surface area contributed by atoms with Crippen molar-refractivity contribution in [3.63, 3.8) is 0 Å². The van der Waals surface area contributed by atoms with Gasteiger partial charge in [-0.25, -0.2) is 9.89 Å². The highest BCUT2D eigenvalue weighted by molar-refractivity contribution is 6.33. The molecule has 92 valence electrons. The van der Waals surface area contributed by atoms with Crippen LogP contribution in [0.3, 0.4) is 0 Å². The lowest BCUT2D eigenvalue weighted by atomic mass is 10.2. The Morgan fingerprint density at radius 3 is 2.83 bits per heavy atom. The number of nitrogens with one attached hydrogen (secondary N) is 3. The number of anilines is 1. The van der Waals surface area contributed by atoms with E-state index in [1.54, 1.807) is 24.3 Å². The minimum Gasteiger partial charge on any atom is -0.270 e. The second-order valence-corrected chi connectivity index (χ2v) is 3.65. The number of hydrogen-bond acceptors (Lipinski definition) is 5. The van der Waals surface area contributed by atoms with Crippen molar-refractivity contribution < 1.29 is 0 Å². The number of benzene rings is 1. The lowest BCUT2D eigenvalue weighted by molar-refractivity contribution is 0.890. The van der Waals surface area contributed by atoms with Gasteiger partial charge in [-0.1, -0.05) is 29.8 Å². The number of hydrogen-bond donors (Lipinski definition) is 3. The van der Waals surface area contributed by atoms with E-state index in [1.807, 2.05) is 4.98 Å². The van der Waals surface area contributed by atoms with Crippen LogP contribution in [0.25, 0.3) is 0 Å². The highest BCUT2D eigenvalue weighted by Gasteiger charge is 1.99. The standard InChI is InChI=1S/C10H8ClN5O2/c11-7-4-2-1-3-6(7)5-12-14-8-9(17)13-10(18)16-15-8/h1-5H,(H,14,15)(H2,13,16,17,18)/b12-5+. The van der Waals surface area contributed by atoms with Crippen molar-refractivity contribution in [3.8, 4) is 0 Å². The Morgan fingerprint density at radius 1 is 1.33 bits per heavy atom. The first-order valence-corrected chi connectivity index (χ1v) is 5.27. The third-order valence-electron chi connectivity index (χ3n) is 1.99. The van der Waals surface area contributed by atoms with Crippen LogP contribution in [0.2, 0.25) is 5.02 Å². The SMILES string of the molecule is O=c1[nH]nc(N/N=C/c2ccccc2Cl)c(=O)[nH]1. The van der Waals surface area contributed by atoms with Crippen molar-refractivity contribution in [1.29, 1.82) is 0 Å². The van der Waals surface area contributed by atoms with Gasteiger partial charge >= 0.3 is 5.69 Å². The van der Waals surface area contributed by atoms with Crippen LogP contribution >= 0.6 is 11.6 Å². The summed E-state index contributed by atoms with van der Waals surface area (Å²) in [6.07, 6.45) is 1.44. The van der Waals surface area contributed by atoms with Gasteiger partial charge in [-0.05, 0) is 6.07 Å². The molecular formula is C10H8ClN5O2. The maximum absolute atomic E-state index is 11.2. The number of hydrazone groups is 1. The monoisotopic (exact) mass is 265 g/mol. The Morgan fingerprint density at radius 2 is 2.11 bits per heavy atom. The van der Waals surface area contributed by atoms with Gasteiger partial charge in [-0.15, -0.1) is 5.10 Å². The molecule has 0 aliphatic heterocycles. The summed E-state index contributed by atoms with van der Waals surface area (Å²) in [5, 5.41) is 9.90. The average Bonchev–Trinajstić information content (AvgIpc) is 2.34. The smallest absolute Gasteiger partial charge is 0.270 e. The number of rotatable bonds is 3. The minimum absolute atomic E-state index is 0.113. The van der Waals surface area contributed by atoms with Crippen LogP contribution in [0.5, 0.6) is 0 Å². The third-order valence-corrected chi connectivity index (χ3v) is 2.33. The Kier molecular flexibility index (Phi) is 3.54. The first-order chi connectivity index (χ1) is 8.66. The van der Waals surface area contributed by atoms with E-state index in [4.69, 9.17) is 11.6 Å². The molecule has 8 heteroatoms. The molecular weight excluding hydrogens is 258 g/mol. The number of halogens is 1. The van der Waals surface area contributed by atoms with Crippen molar-refractivity contribution in [1.82, 2.24) is 15.2 Å². The number of aromatic amines is 2. The zero-order valence-corrected chi connectivity index (χ0v) is 9.73. The number of aromatic nitrogens is 3. The molecule has 2 aromatic rings. The average molecular weight is 266 g/mol. The fraction of sp³-hybridized carbons (Fsp3) is 0. The molecule has 7 nitrogen and oxygen atoms in total. The number of nitrogens with zero attached hydrogens (tertiary/aromatic N) is 2. The molecule has 18 heavy (non-hydrogen) atoms.